The highest BCUT2D eigenvalue weighted by Crippen LogP contribution is 2.57. The molecule has 0 fully saturated rings. The maximum Gasteiger partial charge on any atom is 0.335 e. The molecule has 0 aliphatic heterocycles. The van der Waals surface area contributed by atoms with Crippen molar-refractivity contribution in [3.05, 3.63) is 239 Å². The van der Waals surface area contributed by atoms with Crippen LogP contribution in [0.4, 0.5) is 0 Å². The lowest BCUT2D eigenvalue weighted by Crippen LogP contribution is -2.29. The van der Waals surface area contributed by atoms with Gasteiger partial charge >= 0.3 is 11.9 Å². The smallest absolute Gasteiger partial charge is 0.335 e. The fraction of sp³-hybridized carbons (Fsp3) is 0.123. The Morgan fingerprint density at radius 2 is 0.810 bits per heavy atom. The Morgan fingerprint density at radius 1 is 0.444 bits per heavy atom. The SMILES string of the molecule is CC(COc1ccc(C2(c3ccc(OCC(C)c4ccc(C(=O)O)cc4)c(-c4ccccc4)c3)c3ccccc3-c3ccccc32)cc1-c1ccccc1)c1ccc(C(=O)O)cc1. The van der Waals surface area contributed by atoms with Crippen LogP contribution in [0.3, 0.4) is 0 Å². The molecule has 2 N–H and O–H groups in total. The predicted octanol–water partition coefficient (Wildman–Crippen LogP) is 13.1. The number of carboxylic acids is 2. The summed E-state index contributed by atoms with van der Waals surface area (Å²) in [4.78, 5) is 23.0. The molecule has 2 atom stereocenters. The largest absolute Gasteiger partial charge is 0.492 e. The van der Waals surface area contributed by atoms with Gasteiger partial charge in [-0.25, -0.2) is 9.59 Å². The summed E-state index contributed by atoms with van der Waals surface area (Å²) in [6.45, 7) is 4.97. The van der Waals surface area contributed by atoms with Crippen molar-refractivity contribution in [1.29, 1.82) is 0 Å². The zero-order chi connectivity index (χ0) is 43.5. The third-order valence-corrected chi connectivity index (χ3v) is 12.4. The molecule has 0 amide bonds. The van der Waals surface area contributed by atoms with Gasteiger partial charge in [0.25, 0.3) is 0 Å². The van der Waals surface area contributed by atoms with E-state index in [-0.39, 0.29) is 23.0 Å². The van der Waals surface area contributed by atoms with Crippen molar-refractivity contribution in [1.82, 2.24) is 0 Å². The molecule has 0 bridgehead atoms. The highest BCUT2D eigenvalue weighted by atomic mass is 16.5. The lowest BCUT2D eigenvalue weighted by molar-refractivity contribution is 0.0686. The molecule has 0 spiro atoms. The van der Waals surface area contributed by atoms with Crippen molar-refractivity contribution < 1.29 is 29.3 Å². The summed E-state index contributed by atoms with van der Waals surface area (Å²) in [6.07, 6.45) is 0. The Morgan fingerprint density at radius 3 is 1.19 bits per heavy atom. The Kier molecular flexibility index (Phi) is 11.2. The first-order chi connectivity index (χ1) is 30.7. The van der Waals surface area contributed by atoms with Crippen LogP contribution in [-0.4, -0.2) is 35.4 Å². The molecule has 310 valence electrons. The van der Waals surface area contributed by atoms with Crippen LogP contribution in [0.5, 0.6) is 11.5 Å². The molecule has 9 rings (SSSR count). The molecule has 0 saturated carbocycles. The third kappa shape index (κ3) is 7.77. The Labute approximate surface area is 367 Å². The molecule has 0 aromatic heterocycles. The van der Waals surface area contributed by atoms with E-state index in [2.05, 4.69) is 123 Å². The van der Waals surface area contributed by atoms with E-state index >= 15 is 0 Å². The second kappa shape index (κ2) is 17.3. The van der Waals surface area contributed by atoms with Crippen LogP contribution in [0.15, 0.2) is 194 Å². The van der Waals surface area contributed by atoms with E-state index < -0.39 is 17.4 Å². The average molecular weight is 827 g/mol. The number of benzene rings is 8. The van der Waals surface area contributed by atoms with E-state index in [1.807, 2.05) is 60.7 Å². The minimum atomic E-state index is -0.947. The number of hydrogen-bond acceptors (Lipinski definition) is 4. The zero-order valence-electron chi connectivity index (χ0n) is 35.1. The standard InChI is InChI=1S/C57H46O6/c1-37(39-21-25-43(26-22-39)55(58)59)35-62-53-31-29-45(33-49(53)41-13-5-3-6-14-41)57(51-19-11-9-17-47(51)48-18-10-12-20-52(48)57)46-30-32-54(50(34-46)42-15-7-4-8-16-42)63-36-38(2)40-23-27-44(28-24-40)56(60)61/h3-34,37-38H,35-36H2,1-2H3,(H,58,59)(H,60,61). The van der Waals surface area contributed by atoms with Gasteiger partial charge in [-0.1, -0.05) is 159 Å². The topological polar surface area (TPSA) is 93.1 Å². The van der Waals surface area contributed by atoms with Crippen LogP contribution in [-0.2, 0) is 5.41 Å². The third-order valence-electron chi connectivity index (χ3n) is 12.4. The van der Waals surface area contributed by atoms with E-state index in [1.165, 1.54) is 22.3 Å². The van der Waals surface area contributed by atoms with Crippen molar-refractivity contribution in [2.45, 2.75) is 31.1 Å². The van der Waals surface area contributed by atoms with Crippen molar-refractivity contribution in [2.75, 3.05) is 13.2 Å². The fourth-order valence-electron chi connectivity index (χ4n) is 9.02. The van der Waals surface area contributed by atoms with Gasteiger partial charge in [0.1, 0.15) is 11.5 Å². The van der Waals surface area contributed by atoms with Crippen molar-refractivity contribution in [2.24, 2.45) is 0 Å². The quantitative estimate of drug-likeness (QED) is 0.113. The molecule has 0 saturated heterocycles. The molecule has 63 heavy (non-hydrogen) atoms. The van der Waals surface area contributed by atoms with E-state index in [1.54, 1.807) is 24.3 Å². The minimum absolute atomic E-state index is 0.00804. The molecule has 8 aromatic rings. The molecule has 1 aliphatic rings. The van der Waals surface area contributed by atoms with Gasteiger partial charge in [0.15, 0.2) is 0 Å². The number of ether oxygens (including phenoxy) is 2. The zero-order valence-corrected chi connectivity index (χ0v) is 35.1. The molecule has 0 radical (unpaired) electrons. The highest BCUT2D eigenvalue weighted by molar-refractivity contribution is 5.89. The second-order valence-corrected chi connectivity index (χ2v) is 16.3. The van der Waals surface area contributed by atoms with Gasteiger partial charge < -0.3 is 19.7 Å². The number of fused-ring (bicyclic) bond motifs is 3. The molecule has 8 aromatic carbocycles. The average Bonchev–Trinajstić information content (AvgIpc) is 3.64. The monoisotopic (exact) mass is 826 g/mol. The van der Waals surface area contributed by atoms with Crippen LogP contribution in [0, 0.1) is 0 Å². The van der Waals surface area contributed by atoms with Crippen molar-refractivity contribution in [3.63, 3.8) is 0 Å². The molecule has 1 aliphatic carbocycles. The van der Waals surface area contributed by atoms with Gasteiger partial charge in [-0.15, -0.1) is 0 Å². The maximum atomic E-state index is 11.5. The van der Waals surface area contributed by atoms with Crippen LogP contribution >= 0.6 is 0 Å². The lowest BCUT2D eigenvalue weighted by Gasteiger charge is -2.35. The van der Waals surface area contributed by atoms with Gasteiger partial charge in [-0.2, -0.15) is 0 Å². The minimum Gasteiger partial charge on any atom is -0.492 e. The van der Waals surface area contributed by atoms with Crippen LogP contribution in [0.25, 0.3) is 33.4 Å². The van der Waals surface area contributed by atoms with Gasteiger partial charge in [-0.05, 0) is 104 Å². The summed E-state index contributed by atoms with van der Waals surface area (Å²) in [5.74, 6) is -0.360. The number of hydrogen-bond donors (Lipinski definition) is 2. The first kappa shape index (κ1) is 40.7. The van der Waals surface area contributed by atoms with Crippen LogP contribution < -0.4 is 9.47 Å². The lowest BCUT2D eigenvalue weighted by atomic mass is 9.67. The summed E-state index contributed by atoms with van der Waals surface area (Å²) in [6, 6.07) is 65.3. The molecule has 0 heterocycles. The number of rotatable bonds is 14. The van der Waals surface area contributed by atoms with E-state index in [0.717, 1.165) is 56.0 Å². The maximum absolute atomic E-state index is 11.5. The van der Waals surface area contributed by atoms with E-state index in [0.29, 0.717) is 13.2 Å². The summed E-state index contributed by atoms with van der Waals surface area (Å²) in [5, 5.41) is 18.9. The van der Waals surface area contributed by atoms with Gasteiger partial charge in [0.05, 0.1) is 29.8 Å². The second-order valence-electron chi connectivity index (χ2n) is 16.3. The molecule has 6 nitrogen and oxygen atoms in total. The van der Waals surface area contributed by atoms with E-state index in [9.17, 15) is 19.8 Å². The Bertz CT molecular complexity index is 2720. The molecule has 6 heteroatoms. The van der Waals surface area contributed by atoms with Gasteiger partial charge in [0, 0.05) is 23.0 Å². The van der Waals surface area contributed by atoms with Crippen molar-refractivity contribution in [3.8, 4) is 44.9 Å². The molecular formula is C57H46O6. The van der Waals surface area contributed by atoms with Gasteiger partial charge in [0.2, 0.25) is 0 Å². The number of carboxylic acid groups (broad SMARTS) is 2. The van der Waals surface area contributed by atoms with Crippen LogP contribution in [0.2, 0.25) is 0 Å². The summed E-state index contributed by atoms with van der Waals surface area (Å²) in [5.41, 5.74) is 12.7. The summed E-state index contributed by atoms with van der Waals surface area (Å²) >= 11 is 0. The number of carbonyl (C=O) groups is 2. The molecule has 2 unspecified atom stereocenters. The Hall–Kier alpha value is -7.70. The number of aromatic carboxylic acids is 2. The first-order valence-electron chi connectivity index (χ1n) is 21.2. The van der Waals surface area contributed by atoms with E-state index in [4.69, 9.17) is 9.47 Å². The first-order valence-corrected chi connectivity index (χ1v) is 21.2. The molecular weight excluding hydrogens is 781 g/mol. The van der Waals surface area contributed by atoms with Gasteiger partial charge in [-0.3, -0.25) is 0 Å². The predicted molar refractivity (Wildman–Crippen MR) is 249 cm³/mol. The van der Waals surface area contributed by atoms with Crippen molar-refractivity contribution >= 4 is 11.9 Å². The summed E-state index contributed by atoms with van der Waals surface area (Å²) < 4.78 is 13.4. The fourth-order valence-corrected chi connectivity index (χ4v) is 9.02. The highest BCUT2D eigenvalue weighted by Gasteiger charge is 2.46. The van der Waals surface area contributed by atoms with Crippen LogP contribution in [0.1, 0.15) is 79.8 Å². The Balaban J connectivity index is 1.17. The summed E-state index contributed by atoms with van der Waals surface area (Å²) in [7, 11) is 0. The normalized spacial score (nSPS) is 13.3.